The van der Waals surface area contributed by atoms with Gasteiger partial charge in [0.25, 0.3) is 0 Å². The molecular formula is C17H33N5O. The van der Waals surface area contributed by atoms with Crippen molar-refractivity contribution in [2.24, 2.45) is 0 Å². The van der Waals surface area contributed by atoms with Crippen LogP contribution < -0.4 is 15.4 Å². The third-order valence-corrected chi connectivity index (χ3v) is 3.30. The van der Waals surface area contributed by atoms with Gasteiger partial charge in [0.1, 0.15) is 5.75 Å². The quantitative estimate of drug-likeness (QED) is 0.555. The van der Waals surface area contributed by atoms with Crippen molar-refractivity contribution in [1.29, 1.82) is 0 Å². The van der Waals surface area contributed by atoms with E-state index in [1.165, 1.54) is 0 Å². The van der Waals surface area contributed by atoms with Crippen LogP contribution >= 0.6 is 0 Å². The molecule has 0 aliphatic carbocycles. The van der Waals surface area contributed by atoms with Crippen LogP contribution in [0.3, 0.4) is 0 Å². The van der Waals surface area contributed by atoms with Crippen LogP contribution in [0.5, 0.6) is 5.75 Å². The van der Waals surface area contributed by atoms with Crippen LogP contribution in [0.2, 0.25) is 0 Å². The third kappa shape index (κ3) is 9.50. The Morgan fingerprint density at radius 2 is 1.39 bits per heavy atom. The lowest BCUT2D eigenvalue weighted by Crippen LogP contribution is -2.27. The van der Waals surface area contributed by atoms with Gasteiger partial charge in [0.2, 0.25) is 0 Å². The minimum absolute atomic E-state index is 0.672. The lowest BCUT2D eigenvalue weighted by Gasteiger charge is -2.13. The van der Waals surface area contributed by atoms with Gasteiger partial charge in [-0.15, -0.1) is 0 Å². The molecule has 0 aliphatic rings. The molecule has 0 atom stereocenters. The number of hydrogen-bond acceptors (Lipinski definition) is 6. The van der Waals surface area contributed by atoms with Crippen molar-refractivity contribution in [1.82, 2.24) is 25.4 Å². The molecule has 6 nitrogen and oxygen atoms in total. The van der Waals surface area contributed by atoms with E-state index in [1.807, 2.05) is 19.1 Å². The van der Waals surface area contributed by atoms with E-state index in [2.05, 4.69) is 48.6 Å². The summed E-state index contributed by atoms with van der Waals surface area (Å²) in [6, 6.07) is 4.05. The molecule has 0 amide bonds. The number of pyridine rings is 1. The molecule has 23 heavy (non-hydrogen) atoms. The first-order valence-electron chi connectivity index (χ1n) is 8.34. The number of rotatable bonds is 12. The zero-order valence-corrected chi connectivity index (χ0v) is 15.4. The molecule has 1 heterocycles. The summed E-state index contributed by atoms with van der Waals surface area (Å²) in [6.45, 7) is 8.14. The van der Waals surface area contributed by atoms with E-state index in [0.717, 1.165) is 56.4 Å². The van der Waals surface area contributed by atoms with Gasteiger partial charge in [0, 0.05) is 51.4 Å². The zero-order chi connectivity index (χ0) is 17.1. The van der Waals surface area contributed by atoms with Crippen molar-refractivity contribution in [3.63, 3.8) is 0 Å². The first-order valence-corrected chi connectivity index (χ1v) is 8.34. The van der Waals surface area contributed by atoms with Crippen LogP contribution in [-0.4, -0.2) is 75.8 Å². The summed E-state index contributed by atoms with van der Waals surface area (Å²) in [5, 5.41) is 6.85. The van der Waals surface area contributed by atoms with Gasteiger partial charge in [-0.25, -0.2) is 0 Å². The number of hydrogen-bond donors (Lipinski definition) is 2. The predicted octanol–water partition coefficient (Wildman–Crippen LogP) is 0.783. The Morgan fingerprint density at radius 3 is 1.78 bits per heavy atom. The van der Waals surface area contributed by atoms with Crippen LogP contribution in [0.15, 0.2) is 12.1 Å². The normalized spacial score (nSPS) is 11.4. The number of nitrogens with one attached hydrogen (secondary N) is 2. The summed E-state index contributed by atoms with van der Waals surface area (Å²) in [7, 11) is 8.31. The minimum Gasteiger partial charge on any atom is -0.494 e. The largest absolute Gasteiger partial charge is 0.494 e. The van der Waals surface area contributed by atoms with Gasteiger partial charge in [0.05, 0.1) is 18.0 Å². The molecule has 0 unspecified atom stereocenters. The SMILES string of the molecule is CCOc1cc(CNCCN(C)C)nc(CNCCN(C)C)c1. The molecule has 132 valence electrons. The highest BCUT2D eigenvalue weighted by Crippen LogP contribution is 2.14. The van der Waals surface area contributed by atoms with E-state index in [0.29, 0.717) is 6.61 Å². The maximum absolute atomic E-state index is 5.66. The van der Waals surface area contributed by atoms with Gasteiger partial charge in [-0.2, -0.15) is 0 Å². The molecule has 0 fully saturated rings. The summed E-state index contributed by atoms with van der Waals surface area (Å²) in [5.74, 6) is 0.899. The summed E-state index contributed by atoms with van der Waals surface area (Å²) >= 11 is 0. The van der Waals surface area contributed by atoms with Crippen molar-refractivity contribution in [3.8, 4) is 5.75 Å². The summed E-state index contributed by atoms with van der Waals surface area (Å²) in [6.07, 6.45) is 0. The molecule has 1 rings (SSSR count). The topological polar surface area (TPSA) is 52.7 Å². The minimum atomic E-state index is 0.672. The van der Waals surface area contributed by atoms with Crippen molar-refractivity contribution < 1.29 is 4.74 Å². The molecule has 0 saturated heterocycles. The second-order valence-electron chi connectivity index (χ2n) is 6.18. The lowest BCUT2D eigenvalue weighted by molar-refractivity contribution is 0.338. The van der Waals surface area contributed by atoms with E-state index in [1.54, 1.807) is 0 Å². The fraction of sp³-hybridized carbons (Fsp3) is 0.706. The van der Waals surface area contributed by atoms with Crippen LogP contribution in [0.4, 0.5) is 0 Å². The zero-order valence-electron chi connectivity index (χ0n) is 15.4. The molecule has 0 aliphatic heterocycles. The first-order chi connectivity index (χ1) is 11.0. The van der Waals surface area contributed by atoms with Gasteiger partial charge >= 0.3 is 0 Å². The average Bonchev–Trinajstić information content (AvgIpc) is 2.48. The van der Waals surface area contributed by atoms with Gasteiger partial charge in [-0.3, -0.25) is 4.98 Å². The number of ether oxygens (including phenoxy) is 1. The van der Waals surface area contributed by atoms with Gasteiger partial charge < -0.3 is 25.2 Å². The van der Waals surface area contributed by atoms with Crippen molar-refractivity contribution in [2.45, 2.75) is 20.0 Å². The van der Waals surface area contributed by atoms with Crippen molar-refractivity contribution >= 4 is 0 Å². The molecule has 1 aromatic heterocycles. The number of aromatic nitrogens is 1. The Bertz CT molecular complexity index is 403. The molecule has 6 heteroatoms. The monoisotopic (exact) mass is 323 g/mol. The van der Waals surface area contributed by atoms with Crippen LogP contribution in [0.1, 0.15) is 18.3 Å². The third-order valence-electron chi connectivity index (χ3n) is 3.30. The Morgan fingerprint density at radius 1 is 0.913 bits per heavy atom. The maximum Gasteiger partial charge on any atom is 0.123 e. The summed E-state index contributed by atoms with van der Waals surface area (Å²) < 4.78 is 5.66. The van der Waals surface area contributed by atoms with E-state index >= 15 is 0 Å². The average molecular weight is 323 g/mol. The molecule has 0 saturated carbocycles. The Labute approximate surface area is 141 Å². The highest BCUT2D eigenvalue weighted by Gasteiger charge is 2.04. The van der Waals surface area contributed by atoms with Crippen LogP contribution in [-0.2, 0) is 13.1 Å². The fourth-order valence-electron chi connectivity index (χ4n) is 2.09. The first kappa shape index (κ1) is 19.8. The number of nitrogens with zero attached hydrogens (tertiary/aromatic N) is 3. The Kier molecular flexibility index (Phi) is 9.78. The molecule has 1 aromatic rings. The second kappa shape index (κ2) is 11.3. The highest BCUT2D eigenvalue weighted by atomic mass is 16.5. The van der Waals surface area contributed by atoms with E-state index in [4.69, 9.17) is 9.72 Å². The van der Waals surface area contributed by atoms with Crippen molar-refractivity contribution in [2.75, 3.05) is 61.0 Å². The standard InChI is InChI=1S/C17H33N5O/c1-6-23-17-11-15(13-18-7-9-21(2)3)20-16(12-17)14-19-8-10-22(4)5/h11-12,18-19H,6-10,13-14H2,1-5H3. The molecule has 2 N–H and O–H groups in total. The Balaban J connectivity index is 2.55. The number of likely N-dealkylation sites (N-methyl/N-ethyl adjacent to an activating group) is 2. The Hall–Kier alpha value is -1.21. The summed E-state index contributed by atoms with van der Waals surface area (Å²) in [5.41, 5.74) is 2.05. The molecule has 0 spiro atoms. The maximum atomic E-state index is 5.66. The van der Waals surface area contributed by atoms with Gasteiger partial charge in [-0.1, -0.05) is 0 Å². The van der Waals surface area contributed by atoms with Gasteiger partial charge in [0.15, 0.2) is 0 Å². The van der Waals surface area contributed by atoms with E-state index in [9.17, 15) is 0 Å². The molecule has 0 aromatic carbocycles. The molecule has 0 radical (unpaired) electrons. The fourth-order valence-corrected chi connectivity index (χ4v) is 2.09. The van der Waals surface area contributed by atoms with Gasteiger partial charge in [-0.05, 0) is 35.1 Å². The molecule has 0 bridgehead atoms. The van der Waals surface area contributed by atoms with Crippen molar-refractivity contribution in [3.05, 3.63) is 23.5 Å². The van der Waals surface area contributed by atoms with E-state index in [-0.39, 0.29) is 0 Å². The lowest BCUT2D eigenvalue weighted by atomic mass is 10.2. The molecular weight excluding hydrogens is 290 g/mol. The summed E-state index contributed by atoms with van der Waals surface area (Å²) in [4.78, 5) is 9.04. The second-order valence-corrected chi connectivity index (χ2v) is 6.18. The van der Waals surface area contributed by atoms with E-state index < -0.39 is 0 Å². The van der Waals surface area contributed by atoms with Crippen LogP contribution in [0.25, 0.3) is 0 Å². The van der Waals surface area contributed by atoms with Crippen LogP contribution in [0, 0.1) is 0 Å². The smallest absolute Gasteiger partial charge is 0.123 e. The predicted molar refractivity (Wildman–Crippen MR) is 95.9 cm³/mol. The highest BCUT2D eigenvalue weighted by molar-refractivity contribution is 5.27.